The molecule has 0 spiro atoms. The first-order valence-electron chi connectivity index (χ1n) is 11.0. The van der Waals surface area contributed by atoms with E-state index < -0.39 is 0 Å². The minimum Gasteiger partial charge on any atom is -0.383 e. The Morgan fingerprint density at radius 3 is 1.62 bits per heavy atom. The quantitative estimate of drug-likeness (QED) is 0.330. The first-order chi connectivity index (χ1) is 16.1. The fourth-order valence-electron chi connectivity index (χ4n) is 3.72. The molecule has 4 aromatic rings. The third kappa shape index (κ3) is 4.95. The molecule has 0 saturated heterocycles. The highest BCUT2D eigenvalue weighted by atomic mass is 16.6. The molecule has 0 fully saturated rings. The lowest BCUT2D eigenvalue weighted by molar-refractivity contribution is -0.391. The van der Waals surface area contributed by atoms with Gasteiger partial charge in [-0.25, -0.2) is 9.97 Å². The highest BCUT2D eigenvalue weighted by Crippen LogP contribution is 2.30. The van der Waals surface area contributed by atoms with E-state index in [0.717, 1.165) is 23.0 Å². The van der Waals surface area contributed by atoms with Crippen LogP contribution >= 0.6 is 0 Å². The summed E-state index contributed by atoms with van der Waals surface area (Å²) in [6.45, 7) is 11.7. The van der Waals surface area contributed by atoms with Crippen LogP contribution in [0, 0.1) is 24.0 Å². The SMILES string of the molecule is Cc1nc(C(C)C)c(N)n1-c1ccncc1.Cc1nc(C(C)C)c([N+](=O)[O-])n1-c1ccncc1. The highest BCUT2D eigenvalue weighted by Gasteiger charge is 2.28. The Labute approximate surface area is 198 Å². The lowest BCUT2D eigenvalue weighted by Gasteiger charge is -2.07. The first kappa shape index (κ1) is 24.6. The maximum Gasteiger partial charge on any atom is 0.351 e. The van der Waals surface area contributed by atoms with Gasteiger partial charge >= 0.3 is 5.82 Å². The molecular weight excluding hydrogens is 432 g/mol. The summed E-state index contributed by atoms with van der Waals surface area (Å²) >= 11 is 0. The number of nitrogens with zero attached hydrogens (tertiary/aromatic N) is 7. The Bertz CT molecular complexity index is 1260. The molecule has 178 valence electrons. The van der Waals surface area contributed by atoms with E-state index in [2.05, 4.69) is 33.8 Å². The molecular formula is C24H30N8O2. The van der Waals surface area contributed by atoms with Crippen molar-refractivity contribution < 1.29 is 4.92 Å². The fourth-order valence-corrected chi connectivity index (χ4v) is 3.72. The Balaban J connectivity index is 0.000000192. The Hall–Kier alpha value is -4.08. The number of pyridine rings is 2. The number of hydrogen-bond acceptors (Lipinski definition) is 7. The second-order valence-electron chi connectivity index (χ2n) is 8.45. The predicted molar refractivity (Wildman–Crippen MR) is 131 cm³/mol. The van der Waals surface area contributed by atoms with Gasteiger partial charge in [-0.05, 0) is 29.9 Å². The molecule has 34 heavy (non-hydrogen) atoms. The number of anilines is 1. The van der Waals surface area contributed by atoms with Gasteiger partial charge in [-0.15, -0.1) is 0 Å². The fraction of sp³-hybridized carbons (Fsp3) is 0.333. The zero-order valence-electron chi connectivity index (χ0n) is 20.3. The van der Waals surface area contributed by atoms with Crippen molar-refractivity contribution in [2.75, 3.05) is 5.73 Å². The van der Waals surface area contributed by atoms with Crippen LogP contribution in [0.3, 0.4) is 0 Å². The van der Waals surface area contributed by atoms with Gasteiger partial charge in [0.2, 0.25) is 0 Å². The van der Waals surface area contributed by atoms with Crippen molar-refractivity contribution >= 4 is 11.6 Å². The van der Waals surface area contributed by atoms with Gasteiger partial charge in [0.25, 0.3) is 0 Å². The monoisotopic (exact) mass is 462 g/mol. The normalized spacial score (nSPS) is 10.9. The summed E-state index contributed by atoms with van der Waals surface area (Å²) in [5.41, 5.74) is 9.29. The lowest BCUT2D eigenvalue weighted by atomic mass is 10.1. The second-order valence-corrected chi connectivity index (χ2v) is 8.45. The van der Waals surface area contributed by atoms with Gasteiger partial charge in [-0.2, -0.15) is 4.57 Å². The summed E-state index contributed by atoms with van der Waals surface area (Å²) in [4.78, 5) is 27.6. The maximum absolute atomic E-state index is 11.3. The van der Waals surface area contributed by atoms with E-state index in [1.165, 1.54) is 0 Å². The molecule has 4 rings (SSSR count). The predicted octanol–water partition coefficient (Wildman–Crippen LogP) is 4.89. The van der Waals surface area contributed by atoms with Crippen LogP contribution < -0.4 is 5.73 Å². The van der Waals surface area contributed by atoms with Crippen molar-refractivity contribution in [1.29, 1.82) is 0 Å². The number of aromatic nitrogens is 6. The van der Waals surface area contributed by atoms with E-state index in [1.54, 1.807) is 48.4 Å². The molecule has 10 heteroatoms. The molecule has 0 aromatic carbocycles. The average Bonchev–Trinajstić information content (AvgIpc) is 3.31. The minimum atomic E-state index is -0.379. The van der Waals surface area contributed by atoms with E-state index in [1.807, 2.05) is 37.5 Å². The zero-order valence-corrected chi connectivity index (χ0v) is 20.3. The molecule has 0 atom stereocenters. The van der Waals surface area contributed by atoms with Gasteiger partial charge in [0.15, 0.2) is 5.82 Å². The lowest BCUT2D eigenvalue weighted by Crippen LogP contribution is -2.04. The van der Waals surface area contributed by atoms with Crippen LogP contribution in [0.4, 0.5) is 11.6 Å². The van der Waals surface area contributed by atoms with Crippen LogP contribution in [0.1, 0.15) is 62.6 Å². The van der Waals surface area contributed by atoms with Crippen LogP contribution in [0.2, 0.25) is 0 Å². The largest absolute Gasteiger partial charge is 0.383 e. The van der Waals surface area contributed by atoms with E-state index in [9.17, 15) is 10.1 Å². The van der Waals surface area contributed by atoms with Crippen LogP contribution in [0.15, 0.2) is 49.1 Å². The standard InChI is InChI=1S/C12H14N4O2.C12H16N4/c1-8(2)11-12(16(17)18)15(9(3)14-11)10-4-6-13-7-5-10;1-8(2)11-12(13)16(9(3)15-11)10-4-6-14-7-5-10/h4-8H,1-3H3;4-8H,13H2,1-3H3. The maximum atomic E-state index is 11.3. The summed E-state index contributed by atoms with van der Waals surface area (Å²) < 4.78 is 3.51. The van der Waals surface area contributed by atoms with E-state index in [0.29, 0.717) is 23.1 Å². The molecule has 0 aliphatic heterocycles. The summed E-state index contributed by atoms with van der Waals surface area (Å²) in [5.74, 6) is 2.62. The second kappa shape index (κ2) is 10.2. The molecule has 10 nitrogen and oxygen atoms in total. The average molecular weight is 463 g/mol. The van der Waals surface area contributed by atoms with Gasteiger partial charge in [0.05, 0.1) is 11.4 Å². The van der Waals surface area contributed by atoms with E-state index >= 15 is 0 Å². The van der Waals surface area contributed by atoms with Gasteiger partial charge in [-0.1, -0.05) is 27.7 Å². The van der Waals surface area contributed by atoms with Crippen LogP contribution in [-0.2, 0) is 0 Å². The topological polar surface area (TPSA) is 131 Å². The summed E-state index contributed by atoms with van der Waals surface area (Å²) in [7, 11) is 0. The van der Waals surface area contributed by atoms with Gasteiger partial charge in [-0.3, -0.25) is 14.5 Å². The number of nitrogen functional groups attached to an aromatic ring is 1. The molecule has 0 saturated carbocycles. The van der Waals surface area contributed by atoms with E-state index in [4.69, 9.17) is 5.73 Å². The van der Waals surface area contributed by atoms with Gasteiger partial charge < -0.3 is 15.8 Å². The van der Waals surface area contributed by atoms with Crippen LogP contribution in [0.5, 0.6) is 0 Å². The first-order valence-corrected chi connectivity index (χ1v) is 11.0. The van der Waals surface area contributed by atoms with Gasteiger partial charge in [0, 0.05) is 49.8 Å². The van der Waals surface area contributed by atoms with Crippen molar-refractivity contribution in [2.45, 2.75) is 53.4 Å². The Morgan fingerprint density at radius 1 is 0.794 bits per heavy atom. The molecule has 0 unspecified atom stereocenters. The smallest absolute Gasteiger partial charge is 0.351 e. The summed E-state index contributed by atoms with van der Waals surface area (Å²) in [6, 6.07) is 7.31. The number of nitro groups is 1. The van der Waals surface area contributed by atoms with E-state index in [-0.39, 0.29) is 16.7 Å². The molecule has 0 amide bonds. The van der Waals surface area contributed by atoms with Crippen LogP contribution in [0.25, 0.3) is 11.4 Å². The molecule has 0 bridgehead atoms. The van der Waals surface area contributed by atoms with Crippen molar-refractivity contribution in [2.24, 2.45) is 0 Å². The van der Waals surface area contributed by atoms with Gasteiger partial charge in [0.1, 0.15) is 23.0 Å². The zero-order chi connectivity index (χ0) is 25.0. The third-order valence-electron chi connectivity index (χ3n) is 5.26. The van der Waals surface area contributed by atoms with Crippen LogP contribution in [-0.4, -0.2) is 34.0 Å². The highest BCUT2D eigenvalue weighted by molar-refractivity contribution is 5.49. The summed E-state index contributed by atoms with van der Waals surface area (Å²) in [6.07, 6.45) is 6.72. The third-order valence-corrected chi connectivity index (χ3v) is 5.26. The Kier molecular flexibility index (Phi) is 7.40. The molecule has 4 aromatic heterocycles. The number of aryl methyl sites for hydroxylation is 2. The number of rotatable bonds is 5. The van der Waals surface area contributed by atoms with Crippen molar-refractivity contribution in [3.63, 3.8) is 0 Å². The number of nitrogens with two attached hydrogens (primary N) is 1. The molecule has 4 heterocycles. The Morgan fingerprint density at radius 2 is 1.21 bits per heavy atom. The minimum absolute atomic E-state index is 0.00665. The number of imidazole rings is 2. The van der Waals surface area contributed by atoms with Crippen molar-refractivity contribution in [1.82, 2.24) is 29.1 Å². The molecule has 2 N–H and O–H groups in total. The molecule has 0 aliphatic rings. The summed E-state index contributed by atoms with van der Waals surface area (Å²) in [5, 5.41) is 11.3. The molecule has 0 aliphatic carbocycles. The van der Waals surface area contributed by atoms with Crippen molar-refractivity contribution in [3.05, 3.63) is 82.2 Å². The number of hydrogen-bond donors (Lipinski definition) is 1. The van der Waals surface area contributed by atoms with Crippen molar-refractivity contribution in [3.8, 4) is 11.4 Å². The molecule has 0 radical (unpaired) electrons.